The summed E-state index contributed by atoms with van der Waals surface area (Å²) in [6.07, 6.45) is 1.48. The minimum Gasteiger partial charge on any atom is -0.324 e. The van der Waals surface area contributed by atoms with E-state index in [1.807, 2.05) is 0 Å². The molecule has 1 aromatic carbocycles. The van der Waals surface area contributed by atoms with Gasteiger partial charge >= 0.3 is 0 Å². The fraction of sp³-hybridized carbons (Fsp3) is 0.294. The zero-order chi connectivity index (χ0) is 18.8. The van der Waals surface area contributed by atoms with Crippen molar-refractivity contribution in [2.24, 2.45) is 0 Å². The molecular formula is C17H17FN4O3S. The molecule has 0 spiro atoms. The van der Waals surface area contributed by atoms with E-state index in [4.69, 9.17) is 0 Å². The van der Waals surface area contributed by atoms with E-state index in [9.17, 15) is 18.8 Å². The van der Waals surface area contributed by atoms with Gasteiger partial charge in [-0.3, -0.25) is 14.4 Å². The van der Waals surface area contributed by atoms with Crippen LogP contribution >= 0.6 is 11.8 Å². The summed E-state index contributed by atoms with van der Waals surface area (Å²) in [6, 6.07) is 4.34. The van der Waals surface area contributed by atoms with Gasteiger partial charge in [0, 0.05) is 12.2 Å². The van der Waals surface area contributed by atoms with Crippen molar-refractivity contribution in [1.29, 1.82) is 0 Å². The minimum absolute atomic E-state index is 0.153. The van der Waals surface area contributed by atoms with E-state index in [1.165, 1.54) is 28.9 Å². The second kappa shape index (κ2) is 7.28. The quantitative estimate of drug-likeness (QED) is 0.879. The Morgan fingerprint density at radius 1 is 1.38 bits per heavy atom. The standard InChI is InChI=1S/C17H17FN4O3S/c1-3-21-15(24)9-26-13-7-19-22(17(25)16(13)21)8-14(23)20-11-5-4-10(2)12(18)6-11/h4-7H,3,8-9H2,1-2H3,(H,20,23). The number of nitrogens with zero attached hydrogens (tertiary/aromatic N) is 3. The SMILES string of the molecule is CCN1C(=O)CSc2cnn(CC(=O)Nc3ccc(C)c(F)c3)c(=O)c21. The molecule has 0 saturated heterocycles. The number of aryl methyl sites for hydroxylation is 1. The Balaban J connectivity index is 1.83. The van der Waals surface area contributed by atoms with Crippen molar-refractivity contribution in [3.05, 3.63) is 46.1 Å². The Bertz CT molecular complexity index is 944. The normalized spacial score (nSPS) is 13.5. The van der Waals surface area contributed by atoms with Gasteiger partial charge in [-0.15, -0.1) is 11.8 Å². The molecule has 0 aliphatic carbocycles. The van der Waals surface area contributed by atoms with Crippen molar-refractivity contribution in [2.45, 2.75) is 25.3 Å². The highest BCUT2D eigenvalue weighted by Gasteiger charge is 2.28. The maximum Gasteiger partial charge on any atom is 0.292 e. The van der Waals surface area contributed by atoms with E-state index in [1.54, 1.807) is 26.0 Å². The van der Waals surface area contributed by atoms with Crippen LogP contribution < -0.4 is 15.8 Å². The van der Waals surface area contributed by atoms with Gasteiger partial charge < -0.3 is 10.2 Å². The molecule has 2 heterocycles. The molecule has 0 atom stereocenters. The molecule has 0 fully saturated rings. The van der Waals surface area contributed by atoms with E-state index in [0.29, 0.717) is 22.7 Å². The maximum atomic E-state index is 13.6. The first-order chi connectivity index (χ1) is 12.4. The highest BCUT2D eigenvalue weighted by atomic mass is 32.2. The number of hydrogen-bond acceptors (Lipinski definition) is 5. The lowest BCUT2D eigenvalue weighted by Gasteiger charge is -2.26. The van der Waals surface area contributed by atoms with Crippen LogP contribution in [0.1, 0.15) is 12.5 Å². The number of fused-ring (bicyclic) bond motifs is 1. The van der Waals surface area contributed by atoms with Crippen molar-refractivity contribution >= 4 is 35.0 Å². The zero-order valence-corrected chi connectivity index (χ0v) is 15.1. The van der Waals surface area contributed by atoms with Crippen LogP contribution in [0.2, 0.25) is 0 Å². The number of carbonyl (C=O) groups excluding carboxylic acids is 2. The third-order valence-electron chi connectivity index (χ3n) is 3.97. The first-order valence-electron chi connectivity index (χ1n) is 8.00. The van der Waals surface area contributed by atoms with Gasteiger partial charge in [-0.2, -0.15) is 5.10 Å². The van der Waals surface area contributed by atoms with Crippen LogP contribution in [0.25, 0.3) is 0 Å². The predicted octanol–water partition coefficient (Wildman–Crippen LogP) is 1.79. The van der Waals surface area contributed by atoms with Crippen LogP contribution in [-0.4, -0.2) is 33.9 Å². The molecule has 9 heteroatoms. The van der Waals surface area contributed by atoms with Crippen molar-refractivity contribution in [3.8, 4) is 0 Å². The van der Waals surface area contributed by atoms with Crippen LogP contribution in [0.5, 0.6) is 0 Å². The summed E-state index contributed by atoms with van der Waals surface area (Å²) in [6.45, 7) is 3.43. The van der Waals surface area contributed by atoms with Crippen molar-refractivity contribution in [1.82, 2.24) is 9.78 Å². The number of hydrogen-bond donors (Lipinski definition) is 1. The molecule has 136 valence electrons. The lowest BCUT2D eigenvalue weighted by Crippen LogP contribution is -2.42. The summed E-state index contributed by atoms with van der Waals surface area (Å²) in [5, 5.41) is 6.54. The van der Waals surface area contributed by atoms with Crippen molar-refractivity contribution in [3.63, 3.8) is 0 Å². The Kier molecular flexibility index (Phi) is 5.08. The Morgan fingerprint density at radius 3 is 2.85 bits per heavy atom. The minimum atomic E-state index is -0.513. The molecule has 7 nitrogen and oxygen atoms in total. The van der Waals surface area contributed by atoms with Crippen LogP contribution in [0.4, 0.5) is 15.8 Å². The van der Waals surface area contributed by atoms with Gasteiger partial charge in [0.1, 0.15) is 18.0 Å². The summed E-state index contributed by atoms with van der Waals surface area (Å²) >= 11 is 1.25. The molecule has 1 N–H and O–H groups in total. The average molecular weight is 376 g/mol. The molecule has 0 bridgehead atoms. The molecule has 1 aliphatic heterocycles. The molecule has 0 saturated carbocycles. The first kappa shape index (κ1) is 18.1. The van der Waals surface area contributed by atoms with Gasteiger partial charge in [0.15, 0.2) is 0 Å². The number of aromatic nitrogens is 2. The fourth-order valence-electron chi connectivity index (χ4n) is 2.61. The van der Waals surface area contributed by atoms with E-state index in [0.717, 1.165) is 4.68 Å². The second-order valence-electron chi connectivity index (χ2n) is 5.76. The molecule has 0 radical (unpaired) electrons. The van der Waals surface area contributed by atoms with Gasteiger partial charge in [-0.25, -0.2) is 9.07 Å². The van der Waals surface area contributed by atoms with Gasteiger partial charge in [0.25, 0.3) is 5.56 Å². The number of amides is 2. The fourth-order valence-corrected chi connectivity index (χ4v) is 3.50. The molecule has 26 heavy (non-hydrogen) atoms. The summed E-state index contributed by atoms with van der Waals surface area (Å²) in [4.78, 5) is 38.9. The van der Waals surface area contributed by atoms with Crippen molar-refractivity contribution < 1.29 is 14.0 Å². The number of benzene rings is 1. The number of carbonyl (C=O) groups is 2. The summed E-state index contributed by atoms with van der Waals surface area (Å²) < 4.78 is 14.6. The van der Waals surface area contributed by atoms with Gasteiger partial charge in [0.05, 0.1) is 16.8 Å². The molecule has 1 aromatic heterocycles. The van der Waals surface area contributed by atoms with E-state index >= 15 is 0 Å². The molecular weight excluding hydrogens is 359 g/mol. The van der Waals surface area contributed by atoms with Crippen LogP contribution in [0.3, 0.4) is 0 Å². The molecule has 1 aliphatic rings. The smallest absolute Gasteiger partial charge is 0.292 e. The number of anilines is 2. The van der Waals surface area contributed by atoms with Crippen LogP contribution in [0.15, 0.2) is 34.1 Å². The largest absolute Gasteiger partial charge is 0.324 e. The number of rotatable bonds is 4. The topological polar surface area (TPSA) is 84.3 Å². The highest BCUT2D eigenvalue weighted by molar-refractivity contribution is 8.00. The monoisotopic (exact) mass is 376 g/mol. The Morgan fingerprint density at radius 2 is 2.15 bits per heavy atom. The Hall–Kier alpha value is -2.68. The number of thioether (sulfide) groups is 1. The van der Waals surface area contributed by atoms with Gasteiger partial charge in [-0.1, -0.05) is 6.07 Å². The van der Waals surface area contributed by atoms with Gasteiger partial charge in [-0.05, 0) is 31.5 Å². The molecule has 2 aromatic rings. The third kappa shape index (κ3) is 3.48. The average Bonchev–Trinajstić information content (AvgIpc) is 2.61. The molecule has 3 rings (SSSR count). The maximum absolute atomic E-state index is 13.6. The van der Waals surface area contributed by atoms with E-state index < -0.39 is 17.3 Å². The van der Waals surface area contributed by atoms with E-state index in [-0.39, 0.29) is 23.9 Å². The lowest BCUT2D eigenvalue weighted by atomic mass is 10.2. The predicted molar refractivity (Wildman–Crippen MR) is 97.0 cm³/mol. The molecule has 2 amide bonds. The first-order valence-corrected chi connectivity index (χ1v) is 8.98. The second-order valence-corrected chi connectivity index (χ2v) is 6.78. The summed E-state index contributed by atoms with van der Waals surface area (Å²) in [7, 11) is 0. The number of halogens is 1. The summed E-state index contributed by atoms with van der Waals surface area (Å²) in [5.41, 5.74) is 0.510. The van der Waals surface area contributed by atoms with Crippen molar-refractivity contribution in [2.75, 3.05) is 22.5 Å². The van der Waals surface area contributed by atoms with Gasteiger partial charge in [0.2, 0.25) is 11.8 Å². The zero-order valence-electron chi connectivity index (χ0n) is 14.3. The molecule has 0 unspecified atom stereocenters. The lowest BCUT2D eigenvalue weighted by molar-refractivity contribution is -0.117. The van der Waals surface area contributed by atoms with E-state index in [2.05, 4.69) is 10.4 Å². The number of nitrogens with one attached hydrogen (secondary N) is 1. The van der Waals surface area contributed by atoms with Crippen LogP contribution in [-0.2, 0) is 16.1 Å². The van der Waals surface area contributed by atoms with Crippen LogP contribution in [0, 0.1) is 12.7 Å². The summed E-state index contributed by atoms with van der Waals surface area (Å²) in [5.74, 6) is -0.841. The highest BCUT2D eigenvalue weighted by Crippen LogP contribution is 2.31. The third-order valence-corrected chi connectivity index (χ3v) is 4.97. The Labute approximate surface area is 153 Å².